The smallest absolute Gasteiger partial charge is 0.375 e. The first kappa shape index (κ1) is 49.1. The van der Waals surface area contributed by atoms with Crippen molar-refractivity contribution in [2.45, 2.75) is 5.51 Å². The largest absolute Gasteiger partial charge is 0.534 e. The Morgan fingerprint density at radius 1 is 0.333 bits per heavy atom. The van der Waals surface area contributed by atoms with Crippen LogP contribution in [0.25, 0.3) is 123 Å². The topological polar surface area (TPSA) is 82.0 Å². The molecule has 376 valence electrons. The Balaban J connectivity index is 1.04. The van der Waals surface area contributed by atoms with Gasteiger partial charge in [-0.15, -0.1) is 0 Å². The molecular formula is C68H44F3N3O3S. The van der Waals surface area contributed by atoms with E-state index in [4.69, 9.17) is 9.17 Å². The van der Waals surface area contributed by atoms with E-state index in [1.807, 2.05) is 133 Å². The van der Waals surface area contributed by atoms with Crippen molar-refractivity contribution in [3.8, 4) is 118 Å². The Morgan fingerprint density at radius 3 is 1.26 bits per heavy atom. The van der Waals surface area contributed by atoms with E-state index in [2.05, 4.69) is 101 Å². The van der Waals surface area contributed by atoms with Crippen LogP contribution in [0.5, 0.6) is 5.75 Å². The molecular weight excluding hydrogens is 996 g/mol. The highest BCUT2D eigenvalue weighted by Gasteiger charge is 2.49. The molecule has 78 heavy (non-hydrogen) atoms. The lowest BCUT2D eigenvalue weighted by molar-refractivity contribution is -0.0499. The second-order valence-corrected chi connectivity index (χ2v) is 20.2. The van der Waals surface area contributed by atoms with Gasteiger partial charge in [0.1, 0.15) is 0 Å². The Hall–Kier alpha value is -9.77. The van der Waals surface area contributed by atoms with Gasteiger partial charge in [-0.2, -0.15) is 21.6 Å². The van der Waals surface area contributed by atoms with Crippen LogP contribution in [0.3, 0.4) is 0 Å². The van der Waals surface area contributed by atoms with Gasteiger partial charge >= 0.3 is 15.6 Å². The number of fused-ring (bicyclic) bond motifs is 1. The first-order chi connectivity index (χ1) is 38.0. The number of pyridine rings is 3. The molecule has 0 spiro atoms. The van der Waals surface area contributed by atoms with Crippen molar-refractivity contribution in [1.82, 2.24) is 15.0 Å². The van der Waals surface area contributed by atoms with Crippen LogP contribution in [0.15, 0.2) is 267 Å². The SMILES string of the molecule is O=S(=O)(Oc1cc(-c2cc3ccccc3c(-c3ccccc3)n2)ccc1-c1ccccc1-c1cc(-c2ccccc2-c2ccc(-c3ccccn3)cc2)cc(-c2ccccc2-c2ccc(-c3ccccn3)cc2)c1)C(F)(F)F. The van der Waals surface area contributed by atoms with E-state index in [9.17, 15) is 21.6 Å². The van der Waals surface area contributed by atoms with E-state index < -0.39 is 21.4 Å². The summed E-state index contributed by atoms with van der Waals surface area (Å²) in [6.07, 6.45) is 3.55. The number of benzene rings is 9. The molecule has 0 aliphatic rings. The van der Waals surface area contributed by atoms with E-state index >= 15 is 0 Å². The van der Waals surface area contributed by atoms with E-state index in [0.717, 1.165) is 88.9 Å². The lowest BCUT2D eigenvalue weighted by Crippen LogP contribution is -2.28. The van der Waals surface area contributed by atoms with Crippen molar-refractivity contribution in [2.75, 3.05) is 0 Å². The van der Waals surface area contributed by atoms with E-state index in [1.165, 1.54) is 6.07 Å². The third kappa shape index (κ3) is 9.84. The highest BCUT2D eigenvalue weighted by molar-refractivity contribution is 7.88. The second kappa shape index (κ2) is 20.7. The van der Waals surface area contributed by atoms with Crippen LogP contribution in [-0.2, 0) is 10.1 Å². The first-order valence-electron chi connectivity index (χ1n) is 25.1. The summed E-state index contributed by atoms with van der Waals surface area (Å²) in [5.41, 5.74) is 9.62. The summed E-state index contributed by atoms with van der Waals surface area (Å²) in [7, 11) is -6.16. The molecule has 3 aromatic heterocycles. The second-order valence-electron chi connectivity index (χ2n) is 18.7. The van der Waals surface area contributed by atoms with Gasteiger partial charge in [0.05, 0.1) is 22.8 Å². The summed E-state index contributed by atoms with van der Waals surface area (Å²) in [6, 6.07) is 81.9. The summed E-state index contributed by atoms with van der Waals surface area (Å²) < 4.78 is 74.7. The minimum atomic E-state index is -6.16. The van der Waals surface area contributed by atoms with Crippen LogP contribution in [0.2, 0.25) is 0 Å². The van der Waals surface area contributed by atoms with Gasteiger partial charge in [-0.1, -0.05) is 194 Å². The first-order valence-corrected chi connectivity index (χ1v) is 26.5. The zero-order valence-electron chi connectivity index (χ0n) is 41.5. The molecule has 12 aromatic rings. The van der Waals surface area contributed by atoms with Crippen LogP contribution in [0.1, 0.15) is 0 Å². The van der Waals surface area contributed by atoms with Crippen molar-refractivity contribution in [3.05, 3.63) is 267 Å². The van der Waals surface area contributed by atoms with Crippen LogP contribution in [0, 0.1) is 0 Å². The predicted octanol–water partition coefficient (Wildman–Crippen LogP) is 17.9. The highest BCUT2D eigenvalue weighted by atomic mass is 32.2. The molecule has 10 heteroatoms. The Kier molecular flexibility index (Phi) is 13.1. The molecule has 12 rings (SSSR count). The third-order valence-corrected chi connectivity index (χ3v) is 14.8. The highest BCUT2D eigenvalue weighted by Crippen LogP contribution is 2.46. The number of halogens is 3. The maximum absolute atomic E-state index is 14.4. The van der Waals surface area contributed by atoms with Gasteiger partial charge in [-0.3, -0.25) is 9.97 Å². The molecule has 0 fully saturated rings. The van der Waals surface area contributed by atoms with Crippen LogP contribution in [0.4, 0.5) is 13.2 Å². The zero-order chi connectivity index (χ0) is 53.2. The molecule has 0 bridgehead atoms. The summed E-state index contributed by atoms with van der Waals surface area (Å²) in [4.78, 5) is 14.1. The maximum Gasteiger partial charge on any atom is 0.534 e. The molecule has 6 nitrogen and oxygen atoms in total. The molecule has 0 amide bonds. The molecule has 0 aliphatic heterocycles. The fraction of sp³-hybridized carbons (Fsp3) is 0.0147. The van der Waals surface area contributed by atoms with Gasteiger partial charge < -0.3 is 4.18 Å². The zero-order valence-corrected chi connectivity index (χ0v) is 42.3. The number of alkyl halides is 3. The van der Waals surface area contributed by atoms with E-state index in [0.29, 0.717) is 28.1 Å². The normalized spacial score (nSPS) is 11.6. The summed E-state index contributed by atoms with van der Waals surface area (Å²) >= 11 is 0. The summed E-state index contributed by atoms with van der Waals surface area (Å²) in [6.45, 7) is 0. The molecule has 9 aromatic carbocycles. The number of rotatable bonds is 12. The van der Waals surface area contributed by atoms with E-state index in [-0.39, 0.29) is 5.56 Å². The number of nitrogens with zero attached hydrogens (tertiary/aromatic N) is 3. The van der Waals surface area contributed by atoms with Crippen molar-refractivity contribution in [1.29, 1.82) is 0 Å². The average Bonchev–Trinajstić information content (AvgIpc) is 3.62. The fourth-order valence-electron chi connectivity index (χ4n) is 10.0. The minimum Gasteiger partial charge on any atom is -0.375 e. The van der Waals surface area contributed by atoms with Gasteiger partial charge in [0, 0.05) is 45.6 Å². The number of hydrogen-bond acceptors (Lipinski definition) is 6. The number of aromatic nitrogens is 3. The molecule has 0 saturated carbocycles. The Bertz CT molecular complexity index is 4130. The molecule has 3 heterocycles. The quantitative estimate of drug-likeness (QED) is 0.0896. The maximum atomic E-state index is 14.4. The van der Waals surface area contributed by atoms with Crippen LogP contribution in [-0.4, -0.2) is 28.9 Å². The van der Waals surface area contributed by atoms with Crippen molar-refractivity contribution in [3.63, 3.8) is 0 Å². The average molecular weight is 1040 g/mol. The minimum absolute atomic E-state index is 0.125. The van der Waals surface area contributed by atoms with Gasteiger partial charge in [0.15, 0.2) is 5.75 Å². The van der Waals surface area contributed by atoms with Crippen molar-refractivity contribution in [2.24, 2.45) is 0 Å². The molecule has 0 saturated heterocycles. The van der Waals surface area contributed by atoms with Crippen LogP contribution < -0.4 is 4.18 Å². The monoisotopic (exact) mass is 1040 g/mol. The van der Waals surface area contributed by atoms with Gasteiger partial charge in [-0.05, 0) is 127 Å². The van der Waals surface area contributed by atoms with Gasteiger partial charge in [0.2, 0.25) is 0 Å². The van der Waals surface area contributed by atoms with Crippen LogP contribution >= 0.6 is 0 Å². The standard InChI is InChI=1S/C68H44F3N3O3S/c69-68(70,71)78(75,76)77-66-44-51(65-43-50-18-4-5-24-60(50)67(74-65)49-16-2-1-3-17-49)36-37-62(66)61-25-11-10-23-59(61)54-41-52(57-21-8-6-19-55(57)45-28-32-47(33-29-45)63-26-12-14-38-72-63)40-53(42-54)58-22-9-7-20-56(58)46-30-34-48(35-31-46)64-27-13-15-39-73-64/h1-44H. The van der Waals surface area contributed by atoms with E-state index in [1.54, 1.807) is 36.7 Å². The summed E-state index contributed by atoms with van der Waals surface area (Å²) in [5.74, 6) is -0.510. The molecule has 0 atom stereocenters. The van der Waals surface area contributed by atoms with Gasteiger partial charge in [-0.25, -0.2) is 4.98 Å². The summed E-state index contributed by atoms with van der Waals surface area (Å²) in [5, 5.41) is 1.71. The van der Waals surface area contributed by atoms with Gasteiger partial charge in [0.25, 0.3) is 0 Å². The molecule has 0 radical (unpaired) electrons. The number of hydrogen-bond donors (Lipinski definition) is 0. The Labute approximate surface area is 449 Å². The molecule has 0 N–H and O–H groups in total. The molecule has 0 aliphatic carbocycles. The Morgan fingerprint density at radius 2 is 0.756 bits per heavy atom. The molecule has 0 unspecified atom stereocenters. The predicted molar refractivity (Wildman–Crippen MR) is 307 cm³/mol. The fourth-order valence-corrected chi connectivity index (χ4v) is 10.5. The van der Waals surface area contributed by atoms with Crippen molar-refractivity contribution < 1.29 is 25.8 Å². The lowest BCUT2D eigenvalue weighted by atomic mass is 9.86. The lowest BCUT2D eigenvalue weighted by Gasteiger charge is -2.19. The van der Waals surface area contributed by atoms with Crippen molar-refractivity contribution >= 4 is 20.9 Å². The third-order valence-electron chi connectivity index (χ3n) is 13.8.